The first-order chi connectivity index (χ1) is 66.1. The van der Waals surface area contributed by atoms with Gasteiger partial charge in [-0.05, 0) is 284 Å². The van der Waals surface area contributed by atoms with Gasteiger partial charge in [-0.1, -0.05) is 46.9 Å². The highest BCUT2D eigenvalue weighted by molar-refractivity contribution is 7.93. The molecule has 11 aromatic rings. The number of alkyl carbamates (subject to hydrolysis) is 1. The van der Waals surface area contributed by atoms with Gasteiger partial charge in [0.15, 0.2) is 15.4 Å². The number of sulfonamides is 3. The van der Waals surface area contributed by atoms with Crippen molar-refractivity contribution in [1.82, 2.24) is 44.9 Å². The van der Waals surface area contributed by atoms with Crippen molar-refractivity contribution < 1.29 is 84.3 Å². The highest BCUT2D eigenvalue weighted by atomic mass is 35.5. The topological polar surface area (TPSA) is 405 Å². The van der Waals surface area contributed by atoms with Gasteiger partial charge in [-0.3, -0.25) is 47.5 Å². The lowest BCUT2D eigenvalue weighted by Gasteiger charge is -2.38. The molecule has 8 aliphatic rings. The number of amides is 5. The Hall–Kier alpha value is -11.0. The lowest BCUT2D eigenvalue weighted by Crippen LogP contribution is -2.52. The third-order valence-corrected chi connectivity index (χ3v) is 32.7. The fourth-order valence-electron chi connectivity index (χ4n) is 17.8. The molecule has 8 aliphatic heterocycles. The molecule has 0 bridgehead atoms. The maximum Gasteiger partial charge on any atom is 0.407 e. The molecule has 19 rings (SSSR count). The quantitative estimate of drug-likeness (QED) is 0.0393. The van der Waals surface area contributed by atoms with E-state index in [9.17, 15) is 66.8 Å². The summed E-state index contributed by atoms with van der Waals surface area (Å²) in [6, 6.07) is 41.8. The second kappa shape index (κ2) is 45.1. The molecule has 7 saturated heterocycles. The second-order valence-electron chi connectivity index (χ2n) is 34.5. The van der Waals surface area contributed by atoms with Gasteiger partial charge in [-0.25, -0.2) is 68.5 Å². The molecule has 5 amide bonds. The van der Waals surface area contributed by atoms with Gasteiger partial charge in [0.05, 0.1) is 42.9 Å². The number of benzene rings is 7. The van der Waals surface area contributed by atoms with Crippen molar-refractivity contribution >= 4 is 195 Å². The van der Waals surface area contributed by atoms with Crippen molar-refractivity contribution in [1.29, 1.82) is 0 Å². The molecule has 0 saturated carbocycles. The molecule has 0 spiro atoms. The number of thiazole rings is 3. The van der Waals surface area contributed by atoms with Crippen LogP contribution in [0.25, 0.3) is 0 Å². The van der Waals surface area contributed by atoms with Gasteiger partial charge in [0.25, 0.3) is 30.1 Å². The van der Waals surface area contributed by atoms with Crippen LogP contribution in [0.3, 0.4) is 0 Å². The number of carbonyl (C=O) groups is 5. The van der Waals surface area contributed by atoms with E-state index in [0.717, 1.165) is 98.0 Å². The fraction of sp³-hybridized carbons (Fsp3) is 0.355. The van der Waals surface area contributed by atoms with Crippen LogP contribution < -0.4 is 54.6 Å². The average molecular weight is 2100 g/mol. The Bertz CT molecular complexity index is 6500. The summed E-state index contributed by atoms with van der Waals surface area (Å²) in [6.07, 6.45) is 14.5. The van der Waals surface area contributed by atoms with Crippen molar-refractivity contribution in [3.8, 4) is 0 Å². The largest absolute Gasteiger partial charge is 0.768 e. The number of rotatable bonds is 22. The van der Waals surface area contributed by atoms with E-state index in [1.807, 2.05) is 43.2 Å². The van der Waals surface area contributed by atoms with Crippen LogP contribution in [0.5, 0.6) is 0 Å². The van der Waals surface area contributed by atoms with Crippen LogP contribution in [0.2, 0.25) is 15.1 Å². The summed E-state index contributed by atoms with van der Waals surface area (Å²) in [5.41, 5.74) is 11.1. The van der Waals surface area contributed by atoms with Gasteiger partial charge in [0, 0.05) is 169 Å². The number of nitrogens with one attached hydrogen (secondary N) is 4. The predicted octanol–water partition coefficient (Wildman–Crippen LogP) is 16.7. The molecule has 0 aliphatic carbocycles. The number of nitrogens with two attached hydrogens (primary N) is 1. The van der Waals surface area contributed by atoms with E-state index in [-0.39, 0.29) is 96.2 Å². The molecule has 12 heterocycles. The SMILES string of the molecule is CC(C)(C)OC(=O)NCC1CCN([C@H]2CCN(c3ccc(S(=O)[O-])cc3)C2=O)CC1.Nc1nccs1.O=C1[C@@H](N2CCC(c3ccc(Cl)cc3)CC2)CCN1c1ccc(S(=O)(=O)Nc2nccs2)cc1.O=C1[C@@H](N2CCN(c3ccc(F)c(Cl)c3)CC2)CCN1c1ccc(S(=O)(=O)Nc2nccs2)cc1.O=C1[C@@H](N2CCc3c2ccc(F)c3Cl)CCN1c1ccc(S(=O)(=O)Nc2ncccn2)cc1.[HH].[HH].[HH].[HH].[HH].[HH].[HH].[HH].[HH]. The first kappa shape index (κ1) is 101. The lowest BCUT2D eigenvalue weighted by molar-refractivity contribution is -0.122. The molecular formula is C93H119Cl3F2N19O14S7-. The van der Waals surface area contributed by atoms with E-state index >= 15 is 0 Å². The summed E-state index contributed by atoms with van der Waals surface area (Å²) in [7, 11) is -11.3. The van der Waals surface area contributed by atoms with Crippen molar-refractivity contribution in [2.45, 2.75) is 134 Å². The third-order valence-electron chi connectivity index (χ3n) is 24.8. The molecule has 4 aromatic heterocycles. The van der Waals surface area contributed by atoms with Crippen LogP contribution in [-0.4, -0.2) is 225 Å². The Morgan fingerprint density at radius 3 is 1.36 bits per heavy atom. The van der Waals surface area contributed by atoms with E-state index < -0.39 is 64.5 Å². The van der Waals surface area contributed by atoms with Crippen LogP contribution in [0.4, 0.5) is 69.0 Å². The number of likely N-dealkylation sites (tertiary alicyclic amines) is 2. The second-order valence-corrected chi connectivity index (χ2v) is 44.4. The number of nitrogens with zero attached hydrogens (tertiary/aromatic N) is 14. The normalized spacial score (nSPS) is 19.4. The molecule has 5 atom stereocenters. The first-order valence-electron chi connectivity index (χ1n) is 44.5. The minimum atomic E-state index is -3.86. The number of hydrogen-bond acceptors (Lipinski definition) is 28. The van der Waals surface area contributed by atoms with Crippen molar-refractivity contribution in [3.63, 3.8) is 0 Å². The highest BCUT2D eigenvalue weighted by Crippen LogP contribution is 2.41. The summed E-state index contributed by atoms with van der Waals surface area (Å²) < 4.78 is 137. The van der Waals surface area contributed by atoms with Crippen LogP contribution in [0, 0.1) is 17.6 Å². The van der Waals surface area contributed by atoms with E-state index in [1.54, 1.807) is 116 Å². The minimum absolute atomic E-state index is 0. The maximum atomic E-state index is 13.8. The molecule has 0 radical (unpaired) electrons. The van der Waals surface area contributed by atoms with Gasteiger partial charge in [0.2, 0.25) is 29.6 Å². The van der Waals surface area contributed by atoms with Crippen molar-refractivity contribution in [3.05, 3.63) is 243 Å². The average Bonchev–Trinajstić information content (AvgIpc) is 1.62. The Morgan fingerprint density at radius 1 is 0.500 bits per heavy atom. The zero-order valence-corrected chi connectivity index (χ0v) is 83.1. The molecular weight excluding hydrogens is 1980 g/mol. The number of hydrogen-bond donors (Lipinski definition) is 5. The number of carbonyl (C=O) groups excluding carboxylic acids is 5. The maximum absolute atomic E-state index is 13.8. The van der Waals surface area contributed by atoms with E-state index in [1.165, 1.54) is 119 Å². The Balaban J connectivity index is 0.000000288. The molecule has 138 heavy (non-hydrogen) atoms. The number of piperazine rings is 1. The van der Waals surface area contributed by atoms with Crippen molar-refractivity contribution in [2.75, 3.05) is 141 Å². The smallest absolute Gasteiger partial charge is 0.407 e. The predicted molar refractivity (Wildman–Crippen MR) is 551 cm³/mol. The summed E-state index contributed by atoms with van der Waals surface area (Å²) in [5, 5.41) is 10.3. The zero-order chi connectivity index (χ0) is 97.7. The molecule has 748 valence electrons. The molecule has 45 heteroatoms. The Kier molecular flexibility index (Phi) is 33.1. The fourth-order valence-corrected chi connectivity index (χ4v) is 23.7. The van der Waals surface area contributed by atoms with Gasteiger partial charge in [-0.15, -0.1) is 34.0 Å². The molecule has 7 aromatic carbocycles. The summed E-state index contributed by atoms with van der Waals surface area (Å²) in [5.74, 6) is 0.0277. The summed E-state index contributed by atoms with van der Waals surface area (Å²) in [4.78, 5) is 102. The van der Waals surface area contributed by atoms with Gasteiger partial charge in [0.1, 0.15) is 23.3 Å². The van der Waals surface area contributed by atoms with Crippen LogP contribution in [-0.2, 0) is 71.5 Å². The van der Waals surface area contributed by atoms with Crippen LogP contribution >= 0.6 is 68.8 Å². The number of fused-ring (bicyclic) bond motifs is 1. The lowest BCUT2D eigenvalue weighted by atomic mass is 9.89. The number of aromatic nitrogens is 5. The van der Waals surface area contributed by atoms with Crippen molar-refractivity contribution in [2.24, 2.45) is 5.92 Å². The van der Waals surface area contributed by atoms with Crippen LogP contribution in [0.1, 0.15) is 102 Å². The van der Waals surface area contributed by atoms with Gasteiger partial charge in [-0.2, -0.15) is 0 Å². The number of piperidine rings is 2. The first-order valence-corrected chi connectivity index (χ1v) is 53.8. The highest BCUT2D eigenvalue weighted by Gasteiger charge is 2.44. The third kappa shape index (κ3) is 25.2. The Labute approximate surface area is 841 Å². The number of anilines is 10. The van der Waals surface area contributed by atoms with E-state index in [0.29, 0.717) is 123 Å². The van der Waals surface area contributed by atoms with E-state index in [4.69, 9.17) is 45.3 Å². The van der Waals surface area contributed by atoms with Gasteiger partial charge >= 0.3 is 6.09 Å². The standard InChI is InChI=1S/C24H25ClN4O3S2.C23H23ClFN5O3S2.C22H19ClFN5O3S.C21H31N3O5S.C3H4N2S.9H2/c25-19-3-1-17(2-4-19)18-9-13-28(14-10-18)22-11-15-29(23(22)30)20-5-7-21(8-6-20)34(31,32)27-24-26-12-16-33-24;24-19-15-17(3-6-20(19)25)28-10-12-29(13-11-28)21-7-9-30(22(21)31)16-1-4-18(5-2-16)35(32,33)27-23-26-8-14-34-23;23-20-16-8-12-29(18(16)7-6-17(20)24)19-9-13-28(21(19)30)14-2-4-15(5-3-14)33(31,32)27-22-25-10-1-11-26-22;1-21(2,3)29-20(26)22-14-15-8-11-23(12-9-15)18-10-13-24(19(18)25)16-4-6-17(7-5-16)30(27)28;4-3-5-1-2-6-3;;;;;;;;;/h1-8,12,16,18,22H,9-11,13-15H2,(H,26,27);1-6,8,14-15,21H,7,9-13H2,(H,26,27);1-7,10-11,19H,8-9,12-13H2,(H,25,26,27);4-7,15,18H,8-14H2,1-3H3,(H,22,26)(H,27,28);1-2H,(H2,4,5);9*1H/p-1/t22-;21-;19-;18-;;;;;;;;;;/m0000........../s1. The monoisotopic (exact) mass is 2090 g/mol. The molecule has 1 unspecified atom stereocenters. The van der Waals surface area contributed by atoms with E-state index in [2.05, 4.69) is 76.1 Å². The summed E-state index contributed by atoms with van der Waals surface area (Å²) in [6.45, 7) is 15.3. The summed E-state index contributed by atoms with van der Waals surface area (Å²) >= 11 is 19.6. The molecule has 33 nitrogen and oxygen atoms in total. The molecule has 6 N–H and O–H groups in total. The number of halogens is 5. The van der Waals surface area contributed by atoms with Crippen LogP contribution in [0.15, 0.2) is 224 Å². The number of nitrogen functional groups attached to an aromatic ring is 1. The van der Waals surface area contributed by atoms with Gasteiger partial charge < -0.3 is 49.7 Å². The zero-order valence-electron chi connectivity index (χ0n) is 75.2. The number of ether oxygens (including phenoxy) is 1. The Morgan fingerprint density at radius 2 is 0.928 bits per heavy atom. The molecule has 7 fully saturated rings. The minimum Gasteiger partial charge on any atom is -0.768 e.